The number of amides is 2. The third-order valence-electron chi connectivity index (χ3n) is 2.28. The van der Waals surface area contributed by atoms with Crippen molar-refractivity contribution in [3.8, 4) is 0 Å². The van der Waals surface area contributed by atoms with E-state index in [-0.39, 0.29) is 18.5 Å². The van der Waals surface area contributed by atoms with Crippen LogP contribution in [-0.2, 0) is 9.59 Å². The molecule has 0 aromatic heterocycles. The van der Waals surface area contributed by atoms with Gasteiger partial charge in [0.25, 0.3) is 5.91 Å². The van der Waals surface area contributed by atoms with Gasteiger partial charge in [0.1, 0.15) is 12.1 Å². The van der Waals surface area contributed by atoms with E-state index in [1.807, 2.05) is 0 Å². The molecule has 1 fully saturated rings. The van der Waals surface area contributed by atoms with Crippen LogP contribution in [0.25, 0.3) is 0 Å². The Balaban J connectivity index is 3.01. The van der Waals surface area contributed by atoms with Crippen molar-refractivity contribution in [3.63, 3.8) is 0 Å². The molecule has 1 aliphatic rings. The van der Waals surface area contributed by atoms with E-state index in [9.17, 15) is 9.59 Å². The van der Waals surface area contributed by atoms with Gasteiger partial charge in [-0.2, -0.15) is 4.99 Å². The lowest BCUT2D eigenvalue weighted by molar-refractivity contribution is -0.141. The fraction of sp³-hybridized carbons (Fsp3) is 0.500. The number of hydrogen-bond donors (Lipinski definition) is 4. The van der Waals surface area contributed by atoms with Crippen LogP contribution < -0.4 is 16.8 Å². The summed E-state index contributed by atoms with van der Waals surface area (Å²) in [5.74, 6) is -1.58. The summed E-state index contributed by atoms with van der Waals surface area (Å²) in [6.07, 6.45) is 0. The quantitative estimate of drug-likeness (QED) is 0.213. The molecule has 1 heterocycles. The summed E-state index contributed by atoms with van der Waals surface area (Å²) in [5, 5.41) is 9.78. The number of aliphatic imine (C=N–C) groups is 1. The standard InChI is InChI=1S/C8H14N6O2/c1-8(2)5(16)12-4(15)3-14(8)7(11)13-6(9)10/h3H2,1-2H3,(H,12,15,16)(H5,9,10,11,13). The minimum atomic E-state index is -1.04. The van der Waals surface area contributed by atoms with Gasteiger partial charge in [0, 0.05) is 0 Å². The first-order valence-corrected chi connectivity index (χ1v) is 4.55. The Morgan fingerprint density at radius 1 is 1.50 bits per heavy atom. The van der Waals surface area contributed by atoms with Crippen LogP contribution >= 0.6 is 0 Å². The van der Waals surface area contributed by atoms with Crippen LogP contribution in [0.4, 0.5) is 0 Å². The third-order valence-corrected chi connectivity index (χ3v) is 2.28. The Morgan fingerprint density at radius 3 is 2.56 bits per heavy atom. The minimum absolute atomic E-state index is 0.131. The molecule has 1 aliphatic heterocycles. The monoisotopic (exact) mass is 226 g/mol. The lowest BCUT2D eigenvalue weighted by atomic mass is 9.99. The lowest BCUT2D eigenvalue weighted by Gasteiger charge is -2.40. The lowest BCUT2D eigenvalue weighted by Crippen LogP contribution is -2.65. The third kappa shape index (κ3) is 2.10. The van der Waals surface area contributed by atoms with Crippen LogP contribution in [0.5, 0.6) is 0 Å². The molecular weight excluding hydrogens is 212 g/mol. The van der Waals surface area contributed by atoms with Crippen molar-refractivity contribution in [2.45, 2.75) is 19.4 Å². The van der Waals surface area contributed by atoms with Gasteiger partial charge < -0.3 is 16.4 Å². The molecule has 16 heavy (non-hydrogen) atoms. The molecule has 8 heteroatoms. The SMILES string of the molecule is CC1(C)C(=O)NC(=O)CN1C(=N)N=C(N)N. The van der Waals surface area contributed by atoms with Gasteiger partial charge in [-0.25, -0.2) is 0 Å². The van der Waals surface area contributed by atoms with E-state index in [0.717, 1.165) is 0 Å². The number of carbonyl (C=O) groups excluding carboxylic acids is 2. The average molecular weight is 226 g/mol. The normalized spacial score (nSPS) is 19.0. The summed E-state index contributed by atoms with van der Waals surface area (Å²) < 4.78 is 0. The van der Waals surface area contributed by atoms with E-state index in [2.05, 4.69) is 10.3 Å². The second-order valence-corrected chi connectivity index (χ2v) is 3.88. The fourth-order valence-electron chi connectivity index (χ4n) is 1.31. The molecule has 1 rings (SSSR count). The Kier molecular flexibility index (Phi) is 2.84. The average Bonchev–Trinajstić information content (AvgIpc) is 2.10. The molecule has 0 spiro atoms. The second-order valence-electron chi connectivity index (χ2n) is 3.88. The van der Waals surface area contributed by atoms with E-state index in [0.29, 0.717) is 0 Å². The van der Waals surface area contributed by atoms with Gasteiger partial charge in [0.2, 0.25) is 11.9 Å². The van der Waals surface area contributed by atoms with Crippen LogP contribution in [-0.4, -0.2) is 40.7 Å². The predicted octanol–water partition coefficient (Wildman–Crippen LogP) is -2.07. The summed E-state index contributed by atoms with van der Waals surface area (Å²) in [5.41, 5.74) is 9.23. The zero-order valence-electron chi connectivity index (χ0n) is 9.07. The fourth-order valence-corrected chi connectivity index (χ4v) is 1.31. The Labute approximate surface area is 92.2 Å². The molecule has 6 N–H and O–H groups in total. The number of imide groups is 1. The molecule has 0 atom stereocenters. The highest BCUT2D eigenvalue weighted by molar-refractivity contribution is 6.07. The van der Waals surface area contributed by atoms with Gasteiger partial charge in [-0.05, 0) is 13.8 Å². The number of carbonyl (C=O) groups is 2. The Hall–Kier alpha value is -2.12. The van der Waals surface area contributed by atoms with Crippen molar-refractivity contribution in [1.82, 2.24) is 10.2 Å². The summed E-state index contributed by atoms with van der Waals surface area (Å²) in [6, 6.07) is 0. The maximum atomic E-state index is 11.5. The first-order chi connectivity index (χ1) is 7.25. The van der Waals surface area contributed by atoms with E-state index in [1.54, 1.807) is 13.8 Å². The highest BCUT2D eigenvalue weighted by Gasteiger charge is 2.42. The topological polar surface area (TPSA) is 138 Å². The molecular formula is C8H14N6O2. The van der Waals surface area contributed by atoms with Crippen LogP contribution in [0.3, 0.4) is 0 Å². The van der Waals surface area contributed by atoms with Crippen molar-refractivity contribution >= 4 is 23.7 Å². The van der Waals surface area contributed by atoms with E-state index >= 15 is 0 Å². The van der Waals surface area contributed by atoms with Gasteiger partial charge in [0.15, 0.2) is 5.96 Å². The molecule has 0 aliphatic carbocycles. The van der Waals surface area contributed by atoms with Gasteiger partial charge >= 0.3 is 0 Å². The van der Waals surface area contributed by atoms with Gasteiger partial charge in [0.05, 0.1) is 0 Å². The maximum Gasteiger partial charge on any atom is 0.252 e. The second kappa shape index (κ2) is 3.80. The number of nitrogens with two attached hydrogens (primary N) is 2. The number of hydrogen-bond acceptors (Lipinski definition) is 3. The van der Waals surface area contributed by atoms with Crippen molar-refractivity contribution in [1.29, 1.82) is 5.41 Å². The van der Waals surface area contributed by atoms with E-state index < -0.39 is 17.4 Å². The summed E-state index contributed by atoms with van der Waals surface area (Å²) in [6.45, 7) is 3.02. The minimum Gasteiger partial charge on any atom is -0.370 e. The van der Waals surface area contributed by atoms with Crippen LogP contribution in [0.15, 0.2) is 4.99 Å². The zero-order chi connectivity index (χ0) is 12.5. The first-order valence-electron chi connectivity index (χ1n) is 4.55. The number of guanidine groups is 2. The molecule has 0 radical (unpaired) electrons. The maximum absolute atomic E-state index is 11.5. The molecule has 1 saturated heterocycles. The highest BCUT2D eigenvalue weighted by Crippen LogP contribution is 2.18. The highest BCUT2D eigenvalue weighted by atomic mass is 16.2. The van der Waals surface area contributed by atoms with Crippen LogP contribution in [0.1, 0.15) is 13.8 Å². The summed E-state index contributed by atoms with van der Waals surface area (Å²) in [7, 11) is 0. The van der Waals surface area contributed by atoms with Gasteiger partial charge in [-0.3, -0.25) is 20.3 Å². The van der Waals surface area contributed by atoms with Crippen molar-refractivity contribution in [2.24, 2.45) is 16.5 Å². The number of piperazine rings is 1. The van der Waals surface area contributed by atoms with E-state index in [4.69, 9.17) is 16.9 Å². The molecule has 2 amide bonds. The smallest absolute Gasteiger partial charge is 0.252 e. The van der Waals surface area contributed by atoms with Crippen LogP contribution in [0.2, 0.25) is 0 Å². The van der Waals surface area contributed by atoms with Crippen LogP contribution in [0, 0.1) is 5.41 Å². The van der Waals surface area contributed by atoms with Crippen molar-refractivity contribution in [2.75, 3.05) is 6.54 Å². The molecule has 8 nitrogen and oxygen atoms in total. The van der Waals surface area contributed by atoms with Crippen molar-refractivity contribution < 1.29 is 9.59 Å². The molecule has 0 unspecified atom stereocenters. The first kappa shape index (κ1) is 12.0. The Morgan fingerprint density at radius 2 is 2.06 bits per heavy atom. The summed E-state index contributed by atoms with van der Waals surface area (Å²) >= 11 is 0. The number of nitrogens with one attached hydrogen (secondary N) is 2. The molecule has 0 aromatic rings. The number of rotatable bonds is 0. The molecule has 0 saturated carbocycles. The number of nitrogens with zero attached hydrogens (tertiary/aromatic N) is 2. The summed E-state index contributed by atoms with van der Waals surface area (Å²) in [4.78, 5) is 27.5. The molecule has 88 valence electrons. The molecule has 0 bridgehead atoms. The predicted molar refractivity (Wildman–Crippen MR) is 57.5 cm³/mol. The molecule has 0 aromatic carbocycles. The van der Waals surface area contributed by atoms with Crippen molar-refractivity contribution in [3.05, 3.63) is 0 Å². The largest absolute Gasteiger partial charge is 0.370 e. The van der Waals surface area contributed by atoms with Gasteiger partial charge in [-0.15, -0.1) is 0 Å². The zero-order valence-corrected chi connectivity index (χ0v) is 9.07. The Bertz CT molecular complexity index is 382. The van der Waals surface area contributed by atoms with E-state index in [1.165, 1.54) is 4.90 Å². The van der Waals surface area contributed by atoms with Gasteiger partial charge in [-0.1, -0.05) is 0 Å².